The molecule has 1 aromatic heterocycles. The molecule has 140 valence electrons. The first-order chi connectivity index (χ1) is 12.3. The number of carboxylic acid groups (broad SMARTS) is 1. The minimum Gasteiger partial charge on any atom is -0.480 e. The zero-order valence-corrected chi connectivity index (χ0v) is 15.4. The summed E-state index contributed by atoms with van der Waals surface area (Å²) in [5.41, 5.74) is -0.185. The summed E-state index contributed by atoms with van der Waals surface area (Å²) < 4.78 is 1.28. The standard InChI is InChI=1S/C19H25N3O4/c1-4-5-10-15(19(25)26)20-17(23)16-13-8-6-7-9-14(13)18(24)22(21-16)11-12(2)3/h6-9,12,15H,4-5,10-11H2,1-3H3,(H,20,23)(H,25,26)/t15-/m0/s1. The Morgan fingerprint density at radius 3 is 2.46 bits per heavy atom. The van der Waals surface area contributed by atoms with Crippen LogP contribution in [0.5, 0.6) is 0 Å². The first-order valence-electron chi connectivity index (χ1n) is 8.88. The number of hydrogen-bond acceptors (Lipinski definition) is 4. The molecule has 1 atom stereocenters. The monoisotopic (exact) mass is 359 g/mol. The van der Waals surface area contributed by atoms with Gasteiger partial charge in [-0.3, -0.25) is 9.59 Å². The van der Waals surface area contributed by atoms with Crippen LogP contribution in [0.1, 0.15) is 50.5 Å². The van der Waals surface area contributed by atoms with Crippen LogP contribution in [0.2, 0.25) is 0 Å². The van der Waals surface area contributed by atoms with Gasteiger partial charge >= 0.3 is 5.97 Å². The molecule has 0 aliphatic carbocycles. The fourth-order valence-corrected chi connectivity index (χ4v) is 2.76. The highest BCUT2D eigenvalue weighted by Gasteiger charge is 2.23. The summed E-state index contributed by atoms with van der Waals surface area (Å²) >= 11 is 0. The SMILES string of the molecule is CCCC[C@H](NC(=O)c1nn(CC(C)C)c(=O)c2ccccc12)C(=O)O. The highest BCUT2D eigenvalue weighted by Crippen LogP contribution is 2.14. The number of carbonyl (C=O) groups excluding carboxylic acids is 1. The topological polar surface area (TPSA) is 101 Å². The molecule has 0 aliphatic heterocycles. The van der Waals surface area contributed by atoms with Gasteiger partial charge in [0, 0.05) is 11.9 Å². The number of rotatable bonds is 8. The second-order valence-corrected chi connectivity index (χ2v) is 6.78. The molecule has 7 nitrogen and oxygen atoms in total. The van der Waals surface area contributed by atoms with Crippen molar-refractivity contribution in [1.29, 1.82) is 0 Å². The molecule has 2 rings (SSSR count). The van der Waals surface area contributed by atoms with Gasteiger partial charge in [-0.25, -0.2) is 9.48 Å². The first-order valence-corrected chi connectivity index (χ1v) is 8.88. The molecule has 1 heterocycles. The largest absolute Gasteiger partial charge is 0.480 e. The van der Waals surface area contributed by atoms with Crippen molar-refractivity contribution in [2.24, 2.45) is 5.92 Å². The number of aliphatic carboxylic acids is 1. The van der Waals surface area contributed by atoms with Gasteiger partial charge in [0.2, 0.25) is 0 Å². The Morgan fingerprint density at radius 2 is 1.88 bits per heavy atom. The van der Waals surface area contributed by atoms with Crippen molar-refractivity contribution in [3.05, 3.63) is 40.3 Å². The number of nitrogens with zero attached hydrogens (tertiary/aromatic N) is 2. The van der Waals surface area contributed by atoms with Crippen LogP contribution in [0.4, 0.5) is 0 Å². The van der Waals surface area contributed by atoms with E-state index >= 15 is 0 Å². The normalized spacial score (nSPS) is 12.3. The van der Waals surface area contributed by atoms with Crippen molar-refractivity contribution in [3.8, 4) is 0 Å². The third-order valence-corrected chi connectivity index (χ3v) is 4.07. The third-order valence-electron chi connectivity index (χ3n) is 4.07. The minimum absolute atomic E-state index is 0.0728. The van der Waals surface area contributed by atoms with E-state index in [-0.39, 0.29) is 17.2 Å². The number of unbranched alkanes of at least 4 members (excludes halogenated alkanes) is 1. The van der Waals surface area contributed by atoms with Crippen molar-refractivity contribution < 1.29 is 14.7 Å². The Morgan fingerprint density at radius 1 is 1.23 bits per heavy atom. The lowest BCUT2D eigenvalue weighted by atomic mass is 10.1. The van der Waals surface area contributed by atoms with Crippen LogP contribution in [0.25, 0.3) is 10.8 Å². The molecule has 0 saturated heterocycles. The molecule has 0 radical (unpaired) electrons. The van der Waals surface area contributed by atoms with Gasteiger partial charge in [0.05, 0.1) is 5.39 Å². The summed E-state index contributed by atoms with van der Waals surface area (Å²) in [5.74, 6) is -1.48. The zero-order valence-electron chi connectivity index (χ0n) is 15.4. The van der Waals surface area contributed by atoms with Crippen molar-refractivity contribution in [1.82, 2.24) is 15.1 Å². The predicted molar refractivity (Wildman–Crippen MR) is 99.3 cm³/mol. The first kappa shape index (κ1) is 19.6. The molecule has 7 heteroatoms. The number of nitrogens with one attached hydrogen (secondary N) is 1. The molecule has 1 amide bonds. The average Bonchev–Trinajstić information content (AvgIpc) is 2.60. The average molecular weight is 359 g/mol. The van der Waals surface area contributed by atoms with Crippen LogP contribution in [-0.2, 0) is 11.3 Å². The number of fused-ring (bicyclic) bond motifs is 1. The van der Waals surface area contributed by atoms with Crippen molar-refractivity contribution in [2.75, 3.05) is 0 Å². The number of aromatic nitrogens is 2. The molecule has 2 N–H and O–H groups in total. The molecular formula is C19H25N3O4. The van der Waals surface area contributed by atoms with Gasteiger partial charge in [0.25, 0.3) is 11.5 Å². The molecule has 0 spiro atoms. The smallest absolute Gasteiger partial charge is 0.326 e. The molecule has 0 aliphatic rings. The van der Waals surface area contributed by atoms with Crippen LogP contribution in [0.15, 0.2) is 29.1 Å². The lowest BCUT2D eigenvalue weighted by Gasteiger charge is -2.16. The fraction of sp³-hybridized carbons (Fsp3) is 0.474. The van der Waals surface area contributed by atoms with Crippen molar-refractivity contribution >= 4 is 22.6 Å². The lowest BCUT2D eigenvalue weighted by Crippen LogP contribution is -2.42. The van der Waals surface area contributed by atoms with Gasteiger partial charge in [-0.1, -0.05) is 51.8 Å². The Bertz CT molecular complexity index is 857. The highest BCUT2D eigenvalue weighted by molar-refractivity contribution is 6.05. The second-order valence-electron chi connectivity index (χ2n) is 6.78. The van der Waals surface area contributed by atoms with Crippen molar-refractivity contribution in [3.63, 3.8) is 0 Å². The summed E-state index contributed by atoms with van der Waals surface area (Å²) in [6, 6.07) is 5.78. The molecule has 26 heavy (non-hydrogen) atoms. The van der Waals surface area contributed by atoms with Gasteiger partial charge in [0.1, 0.15) is 6.04 Å². The maximum Gasteiger partial charge on any atom is 0.326 e. The Balaban J connectivity index is 2.46. The van der Waals surface area contributed by atoms with Crippen LogP contribution in [0.3, 0.4) is 0 Å². The second kappa shape index (κ2) is 8.60. The van der Waals surface area contributed by atoms with Crippen molar-refractivity contribution in [2.45, 2.75) is 52.6 Å². The van der Waals surface area contributed by atoms with Gasteiger partial charge in [-0.2, -0.15) is 5.10 Å². The Kier molecular flexibility index (Phi) is 6.49. The van der Waals surface area contributed by atoms with Crippen LogP contribution in [0, 0.1) is 5.92 Å². The Hall–Kier alpha value is -2.70. The fourth-order valence-electron chi connectivity index (χ4n) is 2.76. The molecule has 0 unspecified atom stereocenters. The molecule has 0 bridgehead atoms. The third kappa shape index (κ3) is 4.47. The molecule has 0 fully saturated rings. The van der Waals surface area contributed by atoms with Gasteiger partial charge < -0.3 is 10.4 Å². The van der Waals surface area contributed by atoms with E-state index in [2.05, 4.69) is 10.4 Å². The summed E-state index contributed by atoms with van der Waals surface area (Å²) in [4.78, 5) is 36.7. The number of amides is 1. The van der Waals surface area contributed by atoms with E-state index in [1.807, 2.05) is 20.8 Å². The van der Waals surface area contributed by atoms with E-state index in [0.717, 1.165) is 6.42 Å². The Labute approximate surface area is 152 Å². The predicted octanol–water partition coefficient (Wildman–Crippen LogP) is 2.43. The van der Waals surface area contributed by atoms with Gasteiger partial charge in [-0.05, 0) is 18.4 Å². The molecule has 1 aromatic carbocycles. The maximum absolute atomic E-state index is 12.7. The van der Waals surface area contributed by atoms with Gasteiger partial charge in [-0.15, -0.1) is 0 Å². The molecule has 0 saturated carbocycles. The van der Waals surface area contributed by atoms with Crippen LogP contribution < -0.4 is 10.9 Å². The number of carboxylic acids is 1. The van der Waals surface area contributed by atoms with E-state index in [4.69, 9.17) is 0 Å². The summed E-state index contributed by atoms with van der Waals surface area (Å²) in [5, 5.41) is 16.9. The number of hydrogen-bond donors (Lipinski definition) is 2. The van der Waals surface area contributed by atoms with E-state index in [1.54, 1.807) is 24.3 Å². The maximum atomic E-state index is 12.7. The molecule has 2 aromatic rings. The number of benzene rings is 1. The minimum atomic E-state index is -1.08. The van der Waals surface area contributed by atoms with E-state index in [1.165, 1.54) is 4.68 Å². The quantitative estimate of drug-likeness (QED) is 0.754. The van der Waals surface area contributed by atoms with Crippen LogP contribution in [-0.4, -0.2) is 32.8 Å². The summed E-state index contributed by atoms with van der Waals surface area (Å²) in [6.45, 7) is 6.24. The highest BCUT2D eigenvalue weighted by atomic mass is 16.4. The lowest BCUT2D eigenvalue weighted by molar-refractivity contribution is -0.139. The van der Waals surface area contributed by atoms with E-state index in [9.17, 15) is 19.5 Å². The van der Waals surface area contributed by atoms with E-state index < -0.39 is 17.9 Å². The molecular weight excluding hydrogens is 334 g/mol. The summed E-state index contributed by atoms with van der Waals surface area (Å²) in [6.07, 6.45) is 1.87. The number of carbonyl (C=O) groups is 2. The summed E-state index contributed by atoms with van der Waals surface area (Å²) in [7, 11) is 0. The zero-order chi connectivity index (χ0) is 19.3. The van der Waals surface area contributed by atoms with Crippen LogP contribution >= 0.6 is 0 Å². The van der Waals surface area contributed by atoms with E-state index in [0.29, 0.717) is 30.2 Å². The van der Waals surface area contributed by atoms with Gasteiger partial charge in [0.15, 0.2) is 5.69 Å².